The number of aryl methyl sites for hydroxylation is 1. The average Bonchev–Trinajstić information content (AvgIpc) is 3.07. The second-order valence-electron chi connectivity index (χ2n) is 9.42. The molecule has 3 aromatic rings. The molecular weight excluding hydrogens is 370 g/mol. The first-order valence-corrected chi connectivity index (χ1v) is 10.5. The number of nitrogens with zero attached hydrogens (tertiary/aromatic N) is 3. The quantitative estimate of drug-likeness (QED) is 0.575. The molecule has 4 nitrogen and oxygen atoms in total. The number of aromatic nitrogens is 2. The monoisotopic (exact) mass is 395 g/mol. The molecule has 2 aromatic carbocycles. The highest BCUT2D eigenvalue weighted by Crippen LogP contribution is 2.55. The normalized spacial score (nSPS) is 24.7. The summed E-state index contributed by atoms with van der Waals surface area (Å²) < 4.78 is 1.99. The van der Waals surface area contributed by atoms with Gasteiger partial charge >= 0.3 is 0 Å². The van der Waals surface area contributed by atoms with Crippen molar-refractivity contribution in [2.45, 2.75) is 39.0 Å². The van der Waals surface area contributed by atoms with Crippen molar-refractivity contribution in [1.82, 2.24) is 9.78 Å². The van der Waals surface area contributed by atoms with Gasteiger partial charge < -0.3 is 0 Å². The zero-order valence-corrected chi connectivity index (χ0v) is 17.9. The number of hydrogen-bond acceptors (Lipinski definition) is 3. The van der Waals surface area contributed by atoms with Gasteiger partial charge in [0.25, 0.3) is 0 Å². The number of carbonyl (C=O) groups is 1. The Morgan fingerprint density at radius 3 is 2.63 bits per heavy atom. The van der Waals surface area contributed by atoms with Crippen molar-refractivity contribution in [3.63, 3.8) is 0 Å². The van der Waals surface area contributed by atoms with E-state index >= 15 is 0 Å². The van der Waals surface area contributed by atoms with Crippen LogP contribution in [0.5, 0.6) is 0 Å². The number of fused-ring (bicyclic) bond motifs is 4. The minimum Gasteiger partial charge on any atom is -0.293 e. The zero-order chi connectivity index (χ0) is 21.3. The van der Waals surface area contributed by atoms with Crippen LogP contribution >= 0.6 is 0 Å². The smallest absolute Gasteiger partial charge is 0.178 e. The molecule has 0 amide bonds. The van der Waals surface area contributed by atoms with E-state index in [2.05, 4.69) is 55.5 Å². The lowest BCUT2D eigenvalue weighted by Gasteiger charge is -2.49. The first kappa shape index (κ1) is 18.8. The number of hydrogen-bond donors (Lipinski definition) is 0. The maximum atomic E-state index is 12.9. The molecule has 4 heteroatoms. The van der Waals surface area contributed by atoms with Gasteiger partial charge in [0.2, 0.25) is 0 Å². The predicted molar refractivity (Wildman–Crippen MR) is 118 cm³/mol. The summed E-state index contributed by atoms with van der Waals surface area (Å²) in [7, 11) is 2.00. The summed E-state index contributed by atoms with van der Waals surface area (Å²) in [5, 5.41) is 17.1. The summed E-state index contributed by atoms with van der Waals surface area (Å²) in [6.45, 7) is 6.13. The van der Waals surface area contributed by atoms with Gasteiger partial charge in [-0.2, -0.15) is 10.4 Å². The first-order valence-electron chi connectivity index (χ1n) is 10.5. The van der Waals surface area contributed by atoms with E-state index in [1.165, 1.54) is 21.9 Å². The third-order valence-corrected chi connectivity index (χ3v) is 7.37. The molecular formula is C26H25N3O. The number of Topliss-reactive ketones (excluding diaryl/α,β-unsaturated/α-hetero) is 1. The van der Waals surface area contributed by atoms with Crippen LogP contribution in [-0.2, 0) is 23.7 Å². The molecule has 30 heavy (non-hydrogen) atoms. The number of benzene rings is 2. The molecule has 2 atom stereocenters. The summed E-state index contributed by atoms with van der Waals surface area (Å²) >= 11 is 0. The van der Waals surface area contributed by atoms with Crippen LogP contribution in [0.4, 0.5) is 0 Å². The summed E-state index contributed by atoms with van der Waals surface area (Å²) in [6.07, 6.45) is 3.68. The highest BCUT2D eigenvalue weighted by atomic mass is 16.1. The molecule has 0 bridgehead atoms. The summed E-state index contributed by atoms with van der Waals surface area (Å²) in [6, 6.07) is 17.0. The SMILES string of the molecule is Cn1nc2c(c1-c1cccc3ccccc13)CCC1C(C)(C)C(=O)C(C#N)=C[C@]21C. The van der Waals surface area contributed by atoms with Gasteiger partial charge in [-0.05, 0) is 29.5 Å². The highest BCUT2D eigenvalue weighted by molar-refractivity contribution is 6.04. The molecule has 150 valence electrons. The van der Waals surface area contributed by atoms with Crippen molar-refractivity contribution in [2.75, 3.05) is 0 Å². The lowest BCUT2D eigenvalue weighted by Crippen LogP contribution is -2.51. The van der Waals surface area contributed by atoms with Crippen molar-refractivity contribution in [1.29, 1.82) is 5.26 Å². The van der Waals surface area contributed by atoms with Crippen LogP contribution in [0, 0.1) is 22.7 Å². The fraction of sp³-hybridized carbons (Fsp3) is 0.346. The van der Waals surface area contributed by atoms with Crippen molar-refractivity contribution in [3.05, 3.63) is 65.4 Å². The van der Waals surface area contributed by atoms with E-state index in [0.717, 1.165) is 24.2 Å². The van der Waals surface area contributed by atoms with Gasteiger partial charge in [0.1, 0.15) is 6.07 Å². The largest absolute Gasteiger partial charge is 0.293 e. The maximum absolute atomic E-state index is 12.9. The van der Waals surface area contributed by atoms with Gasteiger partial charge in [-0.15, -0.1) is 0 Å². The van der Waals surface area contributed by atoms with E-state index < -0.39 is 10.8 Å². The van der Waals surface area contributed by atoms with Gasteiger partial charge in [0, 0.05) is 29.0 Å². The van der Waals surface area contributed by atoms with Crippen LogP contribution in [0.1, 0.15) is 38.4 Å². The van der Waals surface area contributed by atoms with Crippen molar-refractivity contribution in [3.8, 4) is 17.3 Å². The Bertz CT molecular complexity index is 1280. The Balaban J connectivity index is 1.78. The fourth-order valence-electron chi connectivity index (χ4n) is 5.99. The third kappa shape index (κ3) is 2.32. The molecule has 0 saturated heterocycles. The zero-order valence-electron chi connectivity index (χ0n) is 17.9. The Labute approximate surface area is 176 Å². The van der Waals surface area contributed by atoms with Crippen LogP contribution in [0.25, 0.3) is 22.0 Å². The van der Waals surface area contributed by atoms with Crippen LogP contribution < -0.4 is 0 Å². The third-order valence-electron chi connectivity index (χ3n) is 7.37. The van der Waals surface area contributed by atoms with E-state index in [1.54, 1.807) is 0 Å². The Hall–Kier alpha value is -3.19. The van der Waals surface area contributed by atoms with E-state index in [-0.39, 0.29) is 17.3 Å². The molecule has 0 saturated carbocycles. The van der Waals surface area contributed by atoms with Crippen molar-refractivity contribution in [2.24, 2.45) is 18.4 Å². The summed E-state index contributed by atoms with van der Waals surface area (Å²) in [4.78, 5) is 12.9. The Morgan fingerprint density at radius 1 is 1.13 bits per heavy atom. The molecule has 5 rings (SSSR count). The lowest BCUT2D eigenvalue weighted by molar-refractivity contribution is -0.128. The summed E-state index contributed by atoms with van der Waals surface area (Å²) in [5.41, 5.74) is 3.83. The van der Waals surface area contributed by atoms with Crippen LogP contribution in [0.15, 0.2) is 54.1 Å². The van der Waals surface area contributed by atoms with Gasteiger partial charge in [0.05, 0.1) is 17.0 Å². The van der Waals surface area contributed by atoms with E-state index in [0.29, 0.717) is 0 Å². The average molecular weight is 396 g/mol. The maximum Gasteiger partial charge on any atom is 0.178 e. The number of nitriles is 1. The standard InChI is InChI=1S/C26H25N3O/c1-25(2)21-13-12-20-22(19-11-7-9-16-8-5-6-10-18(16)19)29(4)28-23(20)26(21,3)14-17(15-27)24(25)30/h5-11,14,21H,12-13H2,1-4H3/t21?,26-/m0/s1. The Morgan fingerprint density at radius 2 is 1.87 bits per heavy atom. The van der Waals surface area contributed by atoms with Gasteiger partial charge in [0.15, 0.2) is 5.78 Å². The lowest BCUT2D eigenvalue weighted by atomic mass is 9.52. The molecule has 1 heterocycles. The van der Waals surface area contributed by atoms with E-state index in [1.807, 2.05) is 31.7 Å². The second kappa shape index (κ2) is 6.15. The van der Waals surface area contributed by atoms with Crippen LogP contribution in [0.3, 0.4) is 0 Å². The van der Waals surface area contributed by atoms with Gasteiger partial charge in [-0.3, -0.25) is 9.48 Å². The first-order chi connectivity index (χ1) is 14.3. The second-order valence-corrected chi connectivity index (χ2v) is 9.42. The predicted octanol–water partition coefficient (Wildman–Crippen LogP) is 5.12. The number of allylic oxidation sites excluding steroid dienone is 2. The van der Waals surface area contributed by atoms with Crippen molar-refractivity contribution >= 4 is 16.6 Å². The minimum atomic E-state index is -0.580. The van der Waals surface area contributed by atoms with Gasteiger partial charge in [-0.25, -0.2) is 0 Å². The van der Waals surface area contributed by atoms with Crippen molar-refractivity contribution < 1.29 is 4.79 Å². The highest BCUT2D eigenvalue weighted by Gasteiger charge is 2.55. The van der Waals surface area contributed by atoms with E-state index in [4.69, 9.17) is 5.10 Å². The molecule has 0 N–H and O–H groups in total. The number of carbonyl (C=O) groups excluding carboxylic acids is 1. The Kier molecular flexibility index (Phi) is 3.86. The fourth-order valence-corrected chi connectivity index (χ4v) is 5.99. The molecule has 1 unspecified atom stereocenters. The molecule has 0 aliphatic heterocycles. The summed E-state index contributed by atoms with van der Waals surface area (Å²) in [5.74, 6) is 0.0819. The minimum absolute atomic E-state index is 0.0406. The molecule has 0 radical (unpaired) electrons. The van der Waals surface area contributed by atoms with E-state index in [9.17, 15) is 10.1 Å². The molecule has 0 fully saturated rings. The molecule has 1 aromatic heterocycles. The van der Waals surface area contributed by atoms with Crippen LogP contribution in [-0.4, -0.2) is 15.6 Å². The van der Waals surface area contributed by atoms with Gasteiger partial charge in [-0.1, -0.05) is 69.3 Å². The topological polar surface area (TPSA) is 58.7 Å². The number of rotatable bonds is 1. The number of ketones is 1. The van der Waals surface area contributed by atoms with Crippen LogP contribution in [0.2, 0.25) is 0 Å². The molecule has 0 spiro atoms. The molecule has 2 aliphatic carbocycles. The molecule has 2 aliphatic rings.